The summed E-state index contributed by atoms with van der Waals surface area (Å²) in [5.41, 5.74) is 0. The normalized spacial score (nSPS) is 0. The number of rotatable bonds is 0. The molecule has 0 aliphatic carbocycles. The Balaban J connectivity index is 0. The maximum absolute atomic E-state index is 0. The summed E-state index contributed by atoms with van der Waals surface area (Å²) in [6, 6.07) is 0. The van der Waals surface area contributed by atoms with E-state index in [9.17, 15) is 0 Å². The van der Waals surface area contributed by atoms with Gasteiger partial charge in [0.05, 0.1) is 0 Å². The van der Waals surface area contributed by atoms with E-state index in [1.165, 1.54) is 0 Å². The van der Waals surface area contributed by atoms with Crippen LogP contribution in [0.15, 0.2) is 0 Å². The molecule has 0 bridgehead atoms. The molecule has 0 aromatic heterocycles. The molecule has 0 atom stereocenters. The molecule has 0 saturated carbocycles. The molecule has 0 nitrogen and oxygen atoms in total. The van der Waals surface area contributed by atoms with E-state index in [-0.39, 0.29) is 342 Å². The third-order valence-corrected chi connectivity index (χ3v) is 0. The molecule has 10 heavy (non-hydrogen) atoms. The molecule has 0 N–H and O–H groups in total. The molecule has 0 spiro atoms. The van der Waals surface area contributed by atoms with Gasteiger partial charge in [0.1, 0.15) is 0 Å². The first kappa shape index (κ1) is 69.1. The van der Waals surface area contributed by atoms with Gasteiger partial charge in [0.25, 0.3) is 0 Å². The smallest absolute Gasteiger partial charge is 0 e. The van der Waals surface area contributed by atoms with Crippen LogP contribution in [0.2, 0.25) is 0 Å². The van der Waals surface area contributed by atoms with Crippen molar-refractivity contribution in [3.8, 4) is 0 Å². The molecule has 0 aromatic carbocycles. The van der Waals surface area contributed by atoms with E-state index < -0.39 is 0 Å². The quantitative estimate of drug-likeness (QED) is 0.300. The number of hydrogen-bond donors (Lipinski definition) is 0. The van der Waals surface area contributed by atoms with Crippen molar-refractivity contribution in [2.75, 3.05) is 0 Å². The molecule has 0 radical (unpaired) electrons. The van der Waals surface area contributed by atoms with Crippen molar-refractivity contribution in [3.63, 3.8) is 0 Å². The van der Waals surface area contributed by atoms with Gasteiger partial charge in [-0.15, -0.1) is 0 Å². The first-order valence-corrected chi connectivity index (χ1v) is 0. The summed E-state index contributed by atoms with van der Waals surface area (Å²) < 4.78 is 0. The Kier molecular flexibility index (Phi) is 411. The molecule has 0 aromatic rings. The van der Waals surface area contributed by atoms with Crippen molar-refractivity contribution >= 4 is 0 Å². The van der Waals surface area contributed by atoms with E-state index in [2.05, 4.69) is 0 Å². The van der Waals surface area contributed by atoms with E-state index in [1.807, 2.05) is 0 Å². The Bertz CT molecular complexity index is 8.81. The summed E-state index contributed by atoms with van der Waals surface area (Å²) in [7, 11) is 0. The Morgan fingerprint density at radius 2 is 0.200 bits per heavy atom. The van der Waals surface area contributed by atoms with Gasteiger partial charge in [-0.05, 0) is 0 Å². The molecule has 0 rings (SSSR count). The SMILES string of the molecule is [Ce].[Ce].[Ce].[Ce].[Ce].[Ce].[Ce].[Ni].[Ni].[Ni]. The summed E-state index contributed by atoms with van der Waals surface area (Å²) in [6.07, 6.45) is 0. The van der Waals surface area contributed by atoms with Crippen LogP contribution in [-0.4, -0.2) is 0 Å². The van der Waals surface area contributed by atoms with E-state index in [1.54, 1.807) is 0 Å². The first-order valence-electron chi connectivity index (χ1n) is 0. The standard InChI is InChI=1S/7Ce.3Ni. The zero-order valence-electron chi connectivity index (χ0n) is 4.45. The largest absolute Gasteiger partial charge is 0 e. The Morgan fingerprint density at radius 1 is 0.200 bits per heavy atom. The minimum Gasteiger partial charge on any atom is 0 e. The van der Waals surface area contributed by atoms with Crippen LogP contribution in [0.4, 0.5) is 0 Å². The topological polar surface area (TPSA) is 0 Å². The molecular formula is Ce7Ni3. The summed E-state index contributed by atoms with van der Waals surface area (Å²) in [5.74, 6) is 0. The van der Waals surface area contributed by atoms with Crippen molar-refractivity contribution in [2.45, 2.75) is 0 Å². The van der Waals surface area contributed by atoms with Gasteiger partial charge < -0.3 is 0 Å². The van der Waals surface area contributed by atoms with Crippen molar-refractivity contribution < 1.29 is 342 Å². The fourth-order valence-electron chi connectivity index (χ4n) is 0. The second-order valence-electron chi connectivity index (χ2n) is 0. The number of hydrogen-bond acceptors (Lipinski definition) is 0. The van der Waals surface area contributed by atoms with Crippen molar-refractivity contribution in [1.29, 1.82) is 0 Å². The Hall–Kier alpha value is 11.1. The van der Waals surface area contributed by atoms with Crippen LogP contribution in [0, 0.1) is 292 Å². The molecule has 0 saturated heterocycles. The van der Waals surface area contributed by atoms with Gasteiger partial charge in [0, 0.05) is 342 Å². The van der Waals surface area contributed by atoms with Gasteiger partial charge in [-0.3, -0.25) is 0 Å². The van der Waals surface area contributed by atoms with Crippen LogP contribution in [0.1, 0.15) is 0 Å². The summed E-state index contributed by atoms with van der Waals surface area (Å²) in [4.78, 5) is 0. The predicted octanol–water partition coefficient (Wildman–Crippen LogP) is -0.00750. The fraction of sp³-hybridized carbons (Fsp3) is 0. The maximum atomic E-state index is 0. The first-order chi connectivity index (χ1) is 0. The third kappa shape index (κ3) is 50.8. The zero-order valence-corrected chi connectivity index (χ0v) is 29.4. The second kappa shape index (κ2) is 59.5. The van der Waals surface area contributed by atoms with Crippen LogP contribution in [0.25, 0.3) is 0 Å². The summed E-state index contributed by atoms with van der Waals surface area (Å²) in [6.45, 7) is 0. The van der Waals surface area contributed by atoms with Crippen molar-refractivity contribution in [2.24, 2.45) is 0 Å². The predicted molar refractivity (Wildman–Crippen MR) is 0 cm³/mol. The third-order valence-electron chi connectivity index (χ3n) is 0. The van der Waals surface area contributed by atoms with Crippen LogP contribution >= 0.6 is 0 Å². The van der Waals surface area contributed by atoms with E-state index in [0.717, 1.165) is 0 Å². The Labute approximate surface area is 329 Å². The summed E-state index contributed by atoms with van der Waals surface area (Å²) in [5, 5.41) is 0. The molecule has 0 amide bonds. The molecule has 0 aliphatic rings. The molecule has 58 valence electrons. The van der Waals surface area contributed by atoms with Gasteiger partial charge in [0.2, 0.25) is 0 Å². The van der Waals surface area contributed by atoms with E-state index >= 15 is 0 Å². The Morgan fingerprint density at radius 3 is 0.200 bits per heavy atom. The van der Waals surface area contributed by atoms with Gasteiger partial charge in [-0.2, -0.15) is 0 Å². The van der Waals surface area contributed by atoms with Crippen LogP contribution in [0.5, 0.6) is 0 Å². The minimum atomic E-state index is 0. The molecule has 0 aliphatic heterocycles. The minimum absolute atomic E-state index is 0. The van der Waals surface area contributed by atoms with Crippen LogP contribution in [-0.2, 0) is 49.5 Å². The van der Waals surface area contributed by atoms with Gasteiger partial charge in [0.15, 0.2) is 0 Å². The molecule has 10 heteroatoms. The zero-order chi connectivity index (χ0) is 0. The van der Waals surface area contributed by atoms with Gasteiger partial charge >= 0.3 is 0 Å². The van der Waals surface area contributed by atoms with Crippen molar-refractivity contribution in [1.82, 2.24) is 0 Å². The average Bonchev–Trinajstić information content (AvgIpc) is 0. The van der Waals surface area contributed by atoms with Crippen LogP contribution in [0.3, 0.4) is 0 Å². The second-order valence-corrected chi connectivity index (χ2v) is 0. The van der Waals surface area contributed by atoms with E-state index in [0.29, 0.717) is 0 Å². The molecule has 0 unspecified atom stereocenters. The van der Waals surface area contributed by atoms with E-state index in [4.69, 9.17) is 0 Å². The van der Waals surface area contributed by atoms with Gasteiger partial charge in [-0.1, -0.05) is 0 Å². The fourth-order valence-corrected chi connectivity index (χ4v) is 0. The molecule has 0 heterocycles. The maximum Gasteiger partial charge on any atom is 0 e. The van der Waals surface area contributed by atoms with Crippen molar-refractivity contribution in [3.05, 3.63) is 0 Å². The summed E-state index contributed by atoms with van der Waals surface area (Å²) >= 11 is 0. The molecular weight excluding hydrogens is 1160 g/mol. The average molecular weight is 1160 g/mol. The van der Waals surface area contributed by atoms with Crippen LogP contribution < -0.4 is 0 Å². The monoisotopic (exact) mass is 1150 g/mol. The molecule has 0 fully saturated rings. The van der Waals surface area contributed by atoms with Gasteiger partial charge in [-0.25, -0.2) is 0 Å².